The van der Waals surface area contributed by atoms with Crippen LogP contribution in [0.25, 0.3) is 0 Å². The van der Waals surface area contributed by atoms with E-state index in [1.165, 1.54) is 11.1 Å². The van der Waals surface area contributed by atoms with Gasteiger partial charge in [0.2, 0.25) is 0 Å². The van der Waals surface area contributed by atoms with Gasteiger partial charge in [-0.3, -0.25) is 0 Å². The van der Waals surface area contributed by atoms with Crippen molar-refractivity contribution in [2.45, 2.75) is 39.7 Å². The Balaban J connectivity index is 2.21. The first-order valence-electron chi connectivity index (χ1n) is 7.14. The second kappa shape index (κ2) is 6.96. The topological polar surface area (TPSA) is 25.2 Å². The summed E-state index contributed by atoms with van der Waals surface area (Å²) in [6.07, 6.45) is 3.69. The Morgan fingerprint density at radius 1 is 1.25 bits per heavy atom. The maximum Gasteiger partial charge on any atom is 0.123 e. The van der Waals surface area contributed by atoms with Gasteiger partial charge in [-0.05, 0) is 62.1 Å². The Labute approximate surface area is 126 Å². The molecule has 1 aromatic heterocycles. The van der Waals surface area contributed by atoms with Crippen molar-refractivity contribution < 1.29 is 4.42 Å². The highest BCUT2D eigenvalue weighted by atomic mass is 35.5. The van der Waals surface area contributed by atoms with Crippen LogP contribution in [0.3, 0.4) is 0 Å². The number of hydrogen-bond donors (Lipinski definition) is 1. The van der Waals surface area contributed by atoms with Crippen molar-refractivity contribution in [1.82, 2.24) is 5.32 Å². The summed E-state index contributed by atoms with van der Waals surface area (Å²) >= 11 is 6.35. The van der Waals surface area contributed by atoms with E-state index in [0.717, 1.165) is 35.7 Å². The molecule has 0 saturated carbocycles. The third-order valence-corrected chi connectivity index (χ3v) is 3.84. The van der Waals surface area contributed by atoms with E-state index in [1.54, 1.807) is 6.26 Å². The summed E-state index contributed by atoms with van der Waals surface area (Å²) in [5.41, 5.74) is 3.52. The van der Waals surface area contributed by atoms with E-state index in [-0.39, 0.29) is 6.04 Å². The third kappa shape index (κ3) is 3.65. The normalized spacial score (nSPS) is 12.6. The molecule has 3 heteroatoms. The largest absolute Gasteiger partial charge is 0.467 e. The molecule has 2 nitrogen and oxygen atoms in total. The number of halogens is 1. The van der Waals surface area contributed by atoms with Gasteiger partial charge in [-0.15, -0.1) is 0 Å². The molecule has 0 fully saturated rings. The fourth-order valence-electron chi connectivity index (χ4n) is 2.36. The Morgan fingerprint density at radius 2 is 2.05 bits per heavy atom. The Hall–Kier alpha value is -1.25. The van der Waals surface area contributed by atoms with E-state index in [2.05, 4.69) is 38.2 Å². The first-order valence-corrected chi connectivity index (χ1v) is 7.52. The molecule has 0 bridgehead atoms. The number of benzene rings is 1. The van der Waals surface area contributed by atoms with Crippen molar-refractivity contribution in [3.63, 3.8) is 0 Å². The second-order valence-corrected chi connectivity index (χ2v) is 5.68. The molecule has 20 heavy (non-hydrogen) atoms. The molecule has 2 aromatic rings. The Bertz CT molecular complexity index is 562. The summed E-state index contributed by atoms with van der Waals surface area (Å²) in [5, 5.41) is 4.38. The average Bonchev–Trinajstić information content (AvgIpc) is 2.83. The summed E-state index contributed by atoms with van der Waals surface area (Å²) in [4.78, 5) is 0. The Morgan fingerprint density at radius 3 is 2.65 bits per heavy atom. The van der Waals surface area contributed by atoms with Crippen molar-refractivity contribution >= 4 is 11.6 Å². The first kappa shape index (κ1) is 15.1. The van der Waals surface area contributed by atoms with Gasteiger partial charge in [-0.2, -0.15) is 0 Å². The lowest BCUT2D eigenvalue weighted by atomic mass is 10.0. The predicted octanol–water partition coefficient (Wildman–Crippen LogP) is 4.83. The maximum atomic E-state index is 6.35. The zero-order valence-electron chi connectivity index (χ0n) is 12.4. The number of aryl methyl sites for hydroxylation is 2. The Kier molecular flexibility index (Phi) is 5.27. The van der Waals surface area contributed by atoms with E-state index in [0.29, 0.717) is 0 Å². The fourth-order valence-corrected chi connectivity index (χ4v) is 2.67. The van der Waals surface area contributed by atoms with E-state index < -0.39 is 0 Å². The van der Waals surface area contributed by atoms with Gasteiger partial charge in [0.25, 0.3) is 0 Å². The molecule has 0 radical (unpaired) electrons. The van der Waals surface area contributed by atoms with Crippen LogP contribution in [0.1, 0.15) is 41.8 Å². The van der Waals surface area contributed by atoms with Gasteiger partial charge in [0.15, 0.2) is 0 Å². The van der Waals surface area contributed by atoms with Crippen LogP contribution in [0.15, 0.2) is 34.9 Å². The minimum absolute atomic E-state index is 0.171. The first-order chi connectivity index (χ1) is 9.61. The number of hydrogen-bond acceptors (Lipinski definition) is 2. The summed E-state index contributed by atoms with van der Waals surface area (Å²) in [6, 6.07) is 8.41. The van der Waals surface area contributed by atoms with Crippen LogP contribution < -0.4 is 5.32 Å². The number of rotatable bonds is 6. The van der Waals surface area contributed by atoms with Gasteiger partial charge < -0.3 is 9.73 Å². The van der Waals surface area contributed by atoms with Gasteiger partial charge in [-0.1, -0.05) is 30.7 Å². The zero-order valence-corrected chi connectivity index (χ0v) is 13.1. The van der Waals surface area contributed by atoms with Crippen LogP contribution in [-0.2, 0) is 6.42 Å². The van der Waals surface area contributed by atoms with Gasteiger partial charge in [0.1, 0.15) is 5.76 Å². The van der Waals surface area contributed by atoms with Crippen molar-refractivity contribution in [3.05, 3.63) is 58.0 Å². The summed E-state index contributed by atoms with van der Waals surface area (Å²) in [7, 11) is 0. The van der Waals surface area contributed by atoms with Crippen LogP contribution in [0.4, 0.5) is 0 Å². The molecular weight excluding hydrogens is 270 g/mol. The molecule has 1 unspecified atom stereocenters. The molecule has 1 N–H and O–H groups in total. The van der Waals surface area contributed by atoms with E-state index in [4.69, 9.17) is 16.0 Å². The van der Waals surface area contributed by atoms with Crippen LogP contribution >= 0.6 is 11.6 Å². The van der Waals surface area contributed by atoms with Crippen molar-refractivity contribution in [2.75, 3.05) is 6.54 Å². The van der Waals surface area contributed by atoms with Crippen molar-refractivity contribution in [1.29, 1.82) is 0 Å². The molecule has 0 spiro atoms. The minimum atomic E-state index is 0.171. The monoisotopic (exact) mass is 291 g/mol. The lowest BCUT2D eigenvalue weighted by Crippen LogP contribution is -2.24. The highest BCUT2D eigenvalue weighted by molar-refractivity contribution is 6.31. The average molecular weight is 292 g/mol. The van der Waals surface area contributed by atoms with Crippen LogP contribution in [-0.4, -0.2) is 6.54 Å². The molecule has 0 saturated heterocycles. The molecule has 1 atom stereocenters. The maximum absolute atomic E-state index is 6.35. The van der Waals surface area contributed by atoms with Gasteiger partial charge in [-0.25, -0.2) is 0 Å². The molecule has 1 aromatic carbocycles. The molecule has 2 rings (SSSR count). The molecule has 0 aliphatic rings. The molecule has 1 heterocycles. The molecule has 108 valence electrons. The summed E-state index contributed by atoms with van der Waals surface area (Å²) < 4.78 is 5.65. The predicted molar refractivity (Wildman–Crippen MR) is 84.4 cm³/mol. The van der Waals surface area contributed by atoms with Crippen LogP contribution in [0, 0.1) is 13.8 Å². The van der Waals surface area contributed by atoms with Gasteiger partial charge in [0, 0.05) is 5.02 Å². The lowest BCUT2D eigenvalue weighted by molar-refractivity contribution is 0.408. The van der Waals surface area contributed by atoms with E-state index in [9.17, 15) is 0 Å². The van der Waals surface area contributed by atoms with E-state index >= 15 is 0 Å². The smallest absolute Gasteiger partial charge is 0.123 e. The number of furan rings is 1. The van der Waals surface area contributed by atoms with Gasteiger partial charge >= 0.3 is 0 Å². The molecular formula is C17H22ClNO. The quantitative estimate of drug-likeness (QED) is 0.824. The minimum Gasteiger partial charge on any atom is -0.467 e. The molecule has 0 aliphatic heterocycles. The highest BCUT2D eigenvalue weighted by Crippen LogP contribution is 2.26. The van der Waals surface area contributed by atoms with Crippen LogP contribution in [0.2, 0.25) is 5.02 Å². The SMILES string of the molecule is CCCNC(Cc1ccc(C)cc1Cl)c1occc1C. The standard InChI is InChI=1S/C17H22ClNO/c1-4-8-19-16(17-13(3)7-9-20-17)11-14-6-5-12(2)10-15(14)18/h5-7,9-10,16,19H,4,8,11H2,1-3H3. The van der Waals surface area contributed by atoms with Crippen molar-refractivity contribution in [3.8, 4) is 0 Å². The van der Waals surface area contributed by atoms with Crippen LogP contribution in [0.5, 0.6) is 0 Å². The highest BCUT2D eigenvalue weighted by Gasteiger charge is 2.18. The van der Waals surface area contributed by atoms with Crippen molar-refractivity contribution in [2.24, 2.45) is 0 Å². The van der Waals surface area contributed by atoms with E-state index in [1.807, 2.05) is 12.1 Å². The third-order valence-electron chi connectivity index (χ3n) is 3.49. The van der Waals surface area contributed by atoms with Gasteiger partial charge in [0.05, 0.1) is 12.3 Å². The summed E-state index contributed by atoms with van der Waals surface area (Å²) in [5.74, 6) is 1.01. The lowest BCUT2D eigenvalue weighted by Gasteiger charge is -2.18. The fraction of sp³-hybridized carbons (Fsp3) is 0.412. The number of nitrogens with one attached hydrogen (secondary N) is 1. The molecule has 0 aliphatic carbocycles. The molecule has 0 amide bonds. The zero-order chi connectivity index (χ0) is 14.5. The second-order valence-electron chi connectivity index (χ2n) is 5.27. The summed E-state index contributed by atoms with van der Waals surface area (Å²) in [6.45, 7) is 7.27.